The summed E-state index contributed by atoms with van der Waals surface area (Å²) in [4.78, 5) is 27.1. The lowest BCUT2D eigenvalue weighted by Crippen LogP contribution is -2.60. The van der Waals surface area contributed by atoms with Gasteiger partial charge in [-0.2, -0.15) is 0 Å². The van der Waals surface area contributed by atoms with Crippen LogP contribution in [0.15, 0.2) is 24.3 Å². The molecule has 0 radical (unpaired) electrons. The zero-order valence-electron chi connectivity index (χ0n) is 15.6. The molecule has 0 amide bonds. The first-order chi connectivity index (χ1) is 11.7. The van der Waals surface area contributed by atoms with Crippen LogP contribution in [0.4, 0.5) is 0 Å². The van der Waals surface area contributed by atoms with Crippen molar-refractivity contribution in [2.24, 2.45) is 23.7 Å². The zero-order valence-corrected chi connectivity index (χ0v) is 22.0. The van der Waals surface area contributed by atoms with Gasteiger partial charge >= 0.3 is 0 Å². The highest BCUT2D eigenvalue weighted by molar-refractivity contribution is 9.13. The molecular weight excluding hydrogens is 592 g/mol. The van der Waals surface area contributed by atoms with Crippen molar-refractivity contribution < 1.29 is 9.59 Å². The zero-order chi connectivity index (χ0) is 20.2. The van der Waals surface area contributed by atoms with E-state index in [0.29, 0.717) is 0 Å². The first kappa shape index (κ1) is 23.0. The summed E-state index contributed by atoms with van der Waals surface area (Å²) in [6, 6.07) is 0. The molecule has 2 saturated carbocycles. The van der Waals surface area contributed by atoms with Gasteiger partial charge in [0.05, 0.1) is 8.65 Å². The molecule has 2 fully saturated rings. The highest BCUT2D eigenvalue weighted by Gasteiger charge is 2.59. The third kappa shape index (κ3) is 3.78. The van der Waals surface area contributed by atoms with Gasteiger partial charge in [0.15, 0.2) is 11.6 Å². The molecule has 8 atom stereocenters. The monoisotopic (exact) mass is 614 g/mol. The van der Waals surface area contributed by atoms with Crippen LogP contribution in [0.25, 0.3) is 0 Å². The predicted molar refractivity (Wildman–Crippen MR) is 123 cm³/mol. The maximum Gasteiger partial charge on any atom is 0.154 e. The lowest BCUT2D eigenvalue weighted by Gasteiger charge is -2.50. The number of carbonyl (C=O) groups excluding carboxylic acids is 2. The minimum Gasteiger partial charge on any atom is -0.298 e. The maximum atomic E-state index is 13.6. The SMILES string of the molecule is C=C(C)[C@@H]1C[C@@H](Br)[C@](C)(Br)C(=O)[C@H]1[C@@H]1C(=O)[C@@](C)(Br)[C@H](Br)C[C@H]1C(=C)C. The van der Waals surface area contributed by atoms with E-state index in [1.807, 2.05) is 27.7 Å². The largest absolute Gasteiger partial charge is 0.298 e. The molecule has 2 aliphatic carbocycles. The van der Waals surface area contributed by atoms with Gasteiger partial charge in [0.2, 0.25) is 0 Å². The molecule has 0 unspecified atom stereocenters. The van der Waals surface area contributed by atoms with Crippen LogP contribution in [0.3, 0.4) is 0 Å². The van der Waals surface area contributed by atoms with Crippen LogP contribution >= 0.6 is 63.7 Å². The standard InChI is InChI=1S/C20H26Br4O2/c1-9(2)11-7-13(21)19(5,23)17(25)15(11)16-12(10(3)4)8-14(22)20(6,24)18(16)26/h11-16H,1,3,7-8H2,2,4-6H3/t11-,12-,13+,14+,15+,16+,19-,20-/m0/s1. The van der Waals surface area contributed by atoms with E-state index in [1.54, 1.807) is 0 Å². The molecule has 0 saturated heterocycles. The number of carbonyl (C=O) groups is 2. The van der Waals surface area contributed by atoms with Crippen molar-refractivity contribution in [2.45, 2.75) is 58.8 Å². The number of halogens is 4. The molecule has 2 aliphatic rings. The molecule has 0 aromatic heterocycles. The normalized spacial score (nSPS) is 46.9. The smallest absolute Gasteiger partial charge is 0.154 e. The summed E-state index contributed by atoms with van der Waals surface area (Å²) in [5.41, 5.74) is 1.92. The second-order valence-corrected chi connectivity index (χ2v) is 13.7. The Morgan fingerprint density at radius 1 is 0.846 bits per heavy atom. The van der Waals surface area contributed by atoms with Gasteiger partial charge in [-0.05, 0) is 52.4 Å². The van der Waals surface area contributed by atoms with E-state index in [-0.39, 0.29) is 33.1 Å². The summed E-state index contributed by atoms with van der Waals surface area (Å²) in [7, 11) is 0. The number of hydrogen-bond donors (Lipinski definition) is 0. The van der Waals surface area contributed by atoms with Crippen LogP contribution < -0.4 is 0 Å². The fraction of sp³-hybridized carbons (Fsp3) is 0.700. The third-order valence-electron chi connectivity index (χ3n) is 6.19. The van der Waals surface area contributed by atoms with Crippen LogP contribution in [0.5, 0.6) is 0 Å². The first-order valence-electron chi connectivity index (χ1n) is 8.79. The van der Waals surface area contributed by atoms with Gasteiger partial charge in [0.25, 0.3) is 0 Å². The molecule has 6 heteroatoms. The van der Waals surface area contributed by atoms with Crippen molar-refractivity contribution in [3.63, 3.8) is 0 Å². The second kappa shape index (κ2) is 7.87. The Labute approximate surface area is 190 Å². The molecule has 0 heterocycles. The average Bonchev–Trinajstić information content (AvgIpc) is 2.51. The molecule has 0 aromatic rings. The topological polar surface area (TPSA) is 34.1 Å². The molecular formula is C20H26Br4O2. The Morgan fingerprint density at radius 3 is 1.35 bits per heavy atom. The van der Waals surface area contributed by atoms with Crippen molar-refractivity contribution in [3.8, 4) is 0 Å². The van der Waals surface area contributed by atoms with E-state index >= 15 is 0 Å². The number of ketones is 2. The summed E-state index contributed by atoms with van der Waals surface area (Å²) in [5.74, 6) is -0.667. The highest BCUT2D eigenvalue weighted by atomic mass is 79.9. The fourth-order valence-electron chi connectivity index (χ4n) is 4.35. The summed E-state index contributed by atoms with van der Waals surface area (Å²) in [6.45, 7) is 16.0. The van der Waals surface area contributed by atoms with Gasteiger partial charge in [-0.3, -0.25) is 9.59 Å². The predicted octanol–water partition coefficient (Wildman–Crippen LogP) is 6.38. The van der Waals surface area contributed by atoms with Crippen molar-refractivity contribution in [1.29, 1.82) is 0 Å². The molecule has 0 aromatic carbocycles. The van der Waals surface area contributed by atoms with Crippen LogP contribution in [0.2, 0.25) is 0 Å². The fourth-order valence-corrected chi connectivity index (χ4v) is 6.51. The minimum atomic E-state index is -0.697. The second-order valence-electron chi connectivity index (χ2n) is 8.24. The van der Waals surface area contributed by atoms with Crippen LogP contribution in [-0.2, 0) is 9.59 Å². The molecule has 0 bridgehead atoms. The number of hydrogen-bond acceptors (Lipinski definition) is 2. The minimum absolute atomic E-state index is 0.00157. The van der Waals surface area contributed by atoms with Gasteiger partial charge in [0.1, 0.15) is 0 Å². The van der Waals surface area contributed by atoms with Crippen LogP contribution in [-0.4, -0.2) is 29.9 Å². The van der Waals surface area contributed by atoms with E-state index in [0.717, 1.165) is 24.0 Å². The Morgan fingerprint density at radius 2 is 1.12 bits per heavy atom. The summed E-state index contributed by atoms with van der Waals surface area (Å²) >= 11 is 14.6. The summed E-state index contributed by atoms with van der Waals surface area (Å²) < 4.78 is -1.39. The van der Waals surface area contributed by atoms with Crippen molar-refractivity contribution >= 4 is 75.3 Å². The van der Waals surface area contributed by atoms with Gasteiger partial charge < -0.3 is 0 Å². The van der Waals surface area contributed by atoms with Gasteiger partial charge in [-0.1, -0.05) is 88.0 Å². The lowest BCUT2D eigenvalue weighted by molar-refractivity contribution is -0.141. The van der Waals surface area contributed by atoms with Crippen LogP contribution in [0.1, 0.15) is 40.5 Å². The van der Waals surface area contributed by atoms with Crippen LogP contribution in [0, 0.1) is 23.7 Å². The molecule has 2 nitrogen and oxygen atoms in total. The molecule has 2 rings (SSSR count). The number of allylic oxidation sites excluding steroid dienone is 2. The van der Waals surface area contributed by atoms with Crippen molar-refractivity contribution in [2.75, 3.05) is 0 Å². The van der Waals surface area contributed by atoms with E-state index in [9.17, 15) is 9.59 Å². The van der Waals surface area contributed by atoms with E-state index in [2.05, 4.69) is 76.9 Å². The van der Waals surface area contributed by atoms with E-state index in [1.165, 1.54) is 0 Å². The van der Waals surface area contributed by atoms with Gasteiger partial charge in [0, 0.05) is 21.5 Å². The van der Waals surface area contributed by atoms with Crippen molar-refractivity contribution in [3.05, 3.63) is 24.3 Å². The maximum absolute atomic E-state index is 13.6. The Hall–Kier alpha value is 0.740. The lowest BCUT2D eigenvalue weighted by atomic mass is 9.57. The molecule has 0 N–H and O–H groups in total. The summed E-state index contributed by atoms with van der Waals surface area (Å²) in [5, 5.41) is 0. The molecule has 146 valence electrons. The average molecular weight is 618 g/mol. The third-order valence-corrected chi connectivity index (χ3v) is 11.9. The quantitative estimate of drug-likeness (QED) is 0.272. The van der Waals surface area contributed by atoms with Gasteiger partial charge in [-0.15, -0.1) is 0 Å². The molecule has 0 spiro atoms. The number of alkyl halides is 4. The van der Waals surface area contributed by atoms with E-state index in [4.69, 9.17) is 0 Å². The highest BCUT2D eigenvalue weighted by Crippen LogP contribution is 2.54. The Kier molecular flexibility index (Phi) is 6.97. The van der Waals surface area contributed by atoms with Crippen molar-refractivity contribution in [1.82, 2.24) is 0 Å². The Balaban J connectivity index is 2.61. The number of rotatable bonds is 3. The van der Waals surface area contributed by atoms with Gasteiger partial charge in [-0.25, -0.2) is 0 Å². The van der Waals surface area contributed by atoms with E-state index < -0.39 is 20.5 Å². The molecule has 0 aliphatic heterocycles. The summed E-state index contributed by atoms with van der Waals surface area (Å²) in [6.07, 6.45) is 1.55. The number of Topliss-reactive ketones (excluding diaryl/α,β-unsaturated/α-hetero) is 2. The first-order valence-corrected chi connectivity index (χ1v) is 12.2. The Bertz CT molecular complexity index is 596. The molecule has 26 heavy (non-hydrogen) atoms.